The number of carboxylic acids is 1. The van der Waals surface area contributed by atoms with Crippen LogP contribution in [0.4, 0.5) is 10.5 Å². The zero-order valence-corrected chi connectivity index (χ0v) is 13.6. The van der Waals surface area contributed by atoms with Crippen molar-refractivity contribution in [3.8, 4) is 5.75 Å². The fourth-order valence-corrected chi connectivity index (χ4v) is 2.25. The van der Waals surface area contributed by atoms with E-state index in [1.165, 1.54) is 0 Å². The number of carbonyl (C=O) groups excluding carboxylic acids is 1. The van der Waals surface area contributed by atoms with E-state index in [0.717, 1.165) is 4.47 Å². The van der Waals surface area contributed by atoms with E-state index in [1.807, 2.05) is 6.92 Å². The molecule has 0 spiro atoms. The predicted octanol–water partition coefficient (Wildman–Crippen LogP) is 3.08. The van der Waals surface area contributed by atoms with E-state index in [-0.39, 0.29) is 18.4 Å². The number of aliphatic carboxylic acids is 1. The molecule has 1 rings (SSSR count). The number of hydrogen-bond acceptors (Lipinski definition) is 3. The molecule has 0 fully saturated rings. The second-order valence-electron chi connectivity index (χ2n) is 4.59. The average molecular weight is 359 g/mol. The van der Waals surface area contributed by atoms with Crippen LogP contribution in [0.2, 0.25) is 0 Å². The van der Waals surface area contributed by atoms with Crippen molar-refractivity contribution in [2.24, 2.45) is 5.92 Å². The SMILES string of the molecule is CCC(CNC(=O)Nc1cc(Br)cc(OC)c1)CC(=O)O. The summed E-state index contributed by atoms with van der Waals surface area (Å²) >= 11 is 3.33. The molecule has 0 bridgehead atoms. The molecule has 3 N–H and O–H groups in total. The van der Waals surface area contributed by atoms with Crippen LogP contribution in [0.1, 0.15) is 19.8 Å². The lowest BCUT2D eigenvalue weighted by Gasteiger charge is -2.14. The summed E-state index contributed by atoms with van der Waals surface area (Å²) in [5, 5.41) is 14.1. The summed E-state index contributed by atoms with van der Waals surface area (Å²) in [5.74, 6) is -0.317. The van der Waals surface area contributed by atoms with Gasteiger partial charge in [0, 0.05) is 29.2 Å². The van der Waals surface area contributed by atoms with Crippen LogP contribution in [0.5, 0.6) is 5.75 Å². The maximum atomic E-state index is 11.8. The van der Waals surface area contributed by atoms with Gasteiger partial charge in [0.2, 0.25) is 0 Å². The number of amides is 2. The summed E-state index contributed by atoms with van der Waals surface area (Å²) in [6.45, 7) is 2.21. The van der Waals surface area contributed by atoms with Crippen molar-refractivity contribution >= 4 is 33.6 Å². The Balaban J connectivity index is 2.53. The van der Waals surface area contributed by atoms with Gasteiger partial charge in [-0.1, -0.05) is 29.3 Å². The van der Waals surface area contributed by atoms with E-state index in [0.29, 0.717) is 24.4 Å². The monoisotopic (exact) mass is 358 g/mol. The topological polar surface area (TPSA) is 87.7 Å². The number of rotatable bonds is 7. The molecule has 1 unspecified atom stereocenters. The van der Waals surface area contributed by atoms with Crippen LogP contribution >= 0.6 is 15.9 Å². The highest BCUT2D eigenvalue weighted by molar-refractivity contribution is 9.10. The minimum atomic E-state index is -0.860. The second kappa shape index (κ2) is 8.51. The lowest BCUT2D eigenvalue weighted by molar-refractivity contribution is -0.138. The van der Waals surface area contributed by atoms with Crippen molar-refractivity contribution < 1.29 is 19.4 Å². The van der Waals surface area contributed by atoms with E-state index >= 15 is 0 Å². The van der Waals surface area contributed by atoms with Crippen LogP contribution < -0.4 is 15.4 Å². The van der Waals surface area contributed by atoms with Crippen molar-refractivity contribution in [2.45, 2.75) is 19.8 Å². The fraction of sp³-hybridized carbons (Fsp3) is 0.429. The number of urea groups is 1. The number of ether oxygens (including phenoxy) is 1. The molecule has 0 saturated heterocycles. The standard InChI is InChI=1S/C14H19BrN2O4/c1-3-9(4-13(18)19)8-16-14(20)17-11-5-10(15)6-12(7-11)21-2/h5-7,9H,3-4,8H2,1-2H3,(H,18,19)(H2,16,17,20). The predicted molar refractivity (Wildman–Crippen MR) is 83.7 cm³/mol. The Bertz CT molecular complexity index is 508. The minimum Gasteiger partial charge on any atom is -0.497 e. The Hall–Kier alpha value is -1.76. The van der Waals surface area contributed by atoms with Crippen LogP contribution in [0.3, 0.4) is 0 Å². The third-order valence-electron chi connectivity index (χ3n) is 2.96. The number of carboxylic acid groups (broad SMARTS) is 1. The van der Waals surface area contributed by atoms with Crippen LogP contribution in [-0.2, 0) is 4.79 Å². The first-order valence-corrected chi connectivity index (χ1v) is 7.35. The van der Waals surface area contributed by atoms with Gasteiger partial charge < -0.3 is 20.5 Å². The highest BCUT2D eigenvalue weighted by Crippen LogP contribution is 2.24. The van der Waals surface area contributed by atoms with E-state index in [9.17, 15) is 9.59 Å². The van der Waals surface area contributed by atoms with Crippen molar-refractivity contribution in [1.29, 1.82) is 0 Å². The number of anilines is 1. The molecule has 1 atom stereocenters. The number of carbonyl (C=O) groups is 2. The molecule has 6 nitrogen and oxygen atoms in total. The van der Waals surface area contributed by atoms with Crippen molar-refractivity contribution in [3.63, 3.8) is 0 Å². The lowest BCUT2D eigenvalue weighted by Crippen LogP contribution is -2.33. The highest BCUT2D eigenvalue weighted by atomic mass is 79.9. The number of methoxy groups -OCH3 is 1. The summed E-state index contributed by atoms with van der Waals surface area (Å²) in [6.07, 6.45) is 0.735. The molecule has 0 heterocycles. The number of nitrogens with one attached hydrogen (secondary N) is 2. The van der Waals surface area contributed by atoms with E-state index in [4.69, 9.17) is 9.84 Å². The average Bonchev–Trinajstić information content (AvgIpc) is 2.42. The summed E-state index contributed by atoms with van der Waals surface area (Å²) < 4.78 is 5.90. The van der Waals surface area contributed by atoms with Crippen LogP contribution in [0, 0.1) is 5.92 Å². The Labute approximate surface area is 132 Å². The van der Waals surface area contributed by atoms with Crippen LogP contribution in [-0.4, -0.2) is 30.8 Å². The largest absolute Gasteiger partial charge is 0.497 e. The second-order valence-corrected chi connectivity index (χ2v) is 5.50. The zero-order valence-electron chi connectivity index (χ0n) is 12.0. The molecule has 0 aliphatic carbocycles. The van der Waals surface area contributed by atoms with E-state index in [1.54, 1.807) is 25.3 Å². The van der Waals surface area contributed by atoms with Crippen molar-refractivity contribution in [2.75, 3.05) is 19.0 Å². The Morgan fingerprint density at radius 1 is 1.38 bits per heavy atom. The molecular weight excluding hydrogens is 340 g/mol. The molecule has 0 aromatic heterocycles. The van der Waals surface area contributed by atoms with Gasteiger partial charge in [-0.15, -0.1) is 0 Å². The van der Waals surface area contributed by atoms with Crippen LogP contribution in [0.15, 0.2) is 22.7 Å². The number of benzene rings is 1. The molecule has 0 radical (unpaired) electrons. The molecule has 2 amide bonds. The molecule has 0 saturated carbocycles. The van der Waals surface area contributed by atoms with E-state index < -0.39 is 5.97 Å². The third kappa shape index (κ3) is 6.48. The Morgan fingerprint density at radius 2 is 2.10 bits per heavy atom. The first-order chi connectivity index (χ1) is 9.94. The molecule has 7 heteroatoms. The molecule has 21 heavy (non-hydrogen) atoms. The Morgan fingerprint density at radius 3 is 2.67 bits per heavy atom. The normalized spacial score (nSPS) is 11.6. The molecule has 0 aliphatic heterocycles. The van der Waals surface area contributed by atoms with Crippen molar-refractivity contribution in [3.05, 3.63) is 22.7 Å². The quantitative estimate of drug-likeness (QED) is 0.698. The molecule has 0 aliphatic rings. The van der Waals surface area contributed by atoms with Crippen LogP contribution in [0.25, 0.3) is 0 Å². The van der Waals surface area contributed by atoms with Crippen molar-refractivity contribution in [1.82, 2.24) is 5.32 Å². The minimum absolute atomic E-state index is 0.0431. The summed E-state index contributed by atoms with van der Waals surface area (Å²) in [4.78, 5) is 22.5. The molecule has 1 aromatic carbocycles. The fourth-order valence-electron chi connectivity index (χ4n) is 1.77. The number of hydrogen-bond donors (Lipinski definition) is 3. The van der Waals surface area contributed by atoms with Gasteiger partial charge in [-0.25, -0.2) is 4.79 Å². The first-order valence-electron chi connectivity index (χ1n) is 6.55. The lowest BCUT2D eigenvalue weighted by atomic mass is 10.0. The van der Waals surface area contributed by atoms with E-state index in [2.05, 4.69) is 26.6 Å². The third-order valence-corrected chi connectivity index (χ3v) is 3.41. The highest BCUT2D eigenvalue weighted by Gasteiger charge is 2.12. The molecular formula is C14H19BrN2O4. The smallest absolute Gasteiger partial charge is 0.319 e. The maximum absolute atomic E-state index is 11.8. The molecule has 1 aromatic rings. The summed E-state index contributed by atoms with van der Waals surface area (Å²) in [7, 11) is 1.55. The first kappa shape index (κ1) is 17.3. The van der Waals surface area contributed by atoms with Gasteiger partial charge in [0.15, 0.2) is 0 Å². The zero-order chi connectivity index (χ0) is 15.8. The van der Waals surface area contributed by atoms with Gasteiger partial charge in [0.05, 0.1) is 7.11 Å². The van der Waals surface area contributed by atoms with Gasteiger partial charge in [-0.2, -0.15) is 0 Å². The van der Waals surface area contributed by atoms with Gasteiger partial charge in [-0.3, -0.25) is 4.79 Å². The van der Waals surface area contributed by atoms with Gasteiger partial charge in [0.1, 0.15) is 5.75 Å². The maximum Gasteiger partial charge on any atom is 0.319 e. The molecule has 116 valence electrons. The summed E-state index contributed by atoms with van der Waals surface area (Å²) in [6, 6.07) is 4.84. The summed E-state index contributed by atoms with van der Waals surface area (Å²) in [5.41, 5.74) is 0.588. The number of halogens is 1. The van der Waals surface area contributed by atoms with Gasteiger partial charge in [-0.05, 0) is 18.1 Å². The van der Waals surface area contributed by atoms with Gasteiger partial charge >= 0.3 is 12.0 Å². The van der Waals surface area contributed by atoms with Gasteiger partial charge in [0.25, 0.3) is 0 Å². The Kier molecular flexibility index (Phi) is 7.01.